The van der Waals surface area contributed by atoms with E-state index in [9.17, 15) is 14.5 Å². The van der Waals surface area contributed by atoms with Gasteiger partial charge in [-0.1, -0.05) is 0 Å². The molecule has 0 atom stereocenters. The van der Waals surface area contributed by atoms with E-state index >= 15 is 0 Å². The minimum absolute atomic E-state index is 0.0732. The Morgan fingerprint density at radius 3 is 2.75 bits per heavy atom. The lowest BCUT2D eigenvalue weighted by molar-refractivity contribution is -0.386. The SMILES string of the molecule is NOCC1(c2cc(F)ccc2[N+](=O)[O-])CC1. The fraction of sp³-hybridized carbons (Fsp3) is 0.400. The maximum atomic E-state index is 13.1. The van der Waals surface area contributed by atoms with Gasteiger partial charge in [0, 0.05) is 17.0 Å². The van der Waals surface area contributed by atoms with Crippen molar-refractivity contribution in [2.24, 2.45) is 5.90 Å². The summed E-state index contributed by atoms with van der Waals surface area (Å²) in [5, 5.41) is 10.8. The van der Waals surface area contributed by atoms with Crippen LogP contribution in [0, 0.1) is 15.9 Å². The summed E-state index contributed by atoms with van der Waals surface area (Å²) in [6.45, 7) is 0.178. The first kappa shape index (κ1) is 11.0. The highest BCUT2D eigenvalue weighted by Crippen LogP contribution is 2.51. The van der Waals surface area contributed by atoms with Crippen LogP contribution in [0.1, 0.15) is 18.4 Å². The summed E-state index contributed by atoms with van der Waals surface area (Å²) >= 11 is 0. The molecule has 0 bridgehead atoms. The summed E-state index contributed by atoms with van der Waals surface area (Å²) in [6.07, 6.45) is 1.46. The number of hydrogen-bond donors (Lipinski definition) is 1. The Kier molecular flexibility index (Phi) is 2.61. The molecule has 2 N–H and O–H groups in total. The lowest BCUT2D eigenvalue weighted by Crippen LogP contribution is -2.19. The maximum Gasteiger partial charge on any atom is 0.273 e. The molecular weight excluding hydrogens is 215 g/mol. The quantitative estimate of drug-likeness (QED) is 0.625. The third-order valence-electron chi connectivity index (χ3n) is 2.94. The summed E-state index contributed by atoms with van der Waals surface area (Å²) in [7, 11) is 0. The molecule has 16 heavy (non-hydrogen) atoms. The van der Waals surface area contributed by atoms with E-state index in [1.807, 2.05) is 0 Å². The van der Waals surface area contributed by atoms with Gasteiger partial charge in [-0.3, -0.25) is 10.1 Å². The summed E-state index contributed by atoms with van der Waals surface area (Å²) < 4.78 is 13.1. The first-order valence-electron chi connectivity index (χ1n) is 4.85. The highest BCUT2D eigenvalue weighted by Gasteiger charge is 2.48. The summed E-state index contributed by atoms with van der Waals surface area (Å²) in [6, 6.07) is 3.46. The maximum absolute atomic E-state index is 13.1. The fourth-order valence-electron chi connectivity index (χ4n) is 1.89. The zero-order chi connectivity index (χ0) is 11.8. The fourth-order valence-corrected chi connectivity index (χ4v) is 1.89. The molecule has 0 unspecified atom stereocenters. The third kappa shape index (κ3) is 1.77. The first-order chi connectivity index (χ1) is 7.59. The predicted octanol–water partition coefficient (Wildman–Crippen LogP) is 1.66. The topological polar surface area (TPSA) is 78.4 Å². The molecule has 1 aromatic rings. The highest BCUT2D eigenvalue weighted by molar-refractivity contribution is 5.48. The number of halogens is 1. The molecule has 0 aromatic heterocycles. The van der Waals surface area contributed by atoms with E-state index in [1.165, 1.54) is 12.1 Å². The lowest BCUT2D eigenvalue weighted by Gasteiger charge is -2.13. The molecule has 1 fully saturated rings. The van der Waals surface area contributed by atoms with Crippen molar-refractivity contribution in [1.82, 2.24) is 0 Å². The molecule has 6 heteroatoms. The minimum atomic E-state index is -0.509. The van der Waals surface area contributed by atoms with E-state index in [4.69, 9.17) is 5.90 Å². The van der Waals surface area contributed by atoms with E-state index in [2.05, 4.69) is 4.84 Å². The Hall–Kier alpha value is -1.53. The van der Waals surface area contributed by atoms with Crippen LogP contribution < -0.4 is 5.90 Å². The van der Waals surface area contributed by atoms with Crippen LogP contribution in [0.3, 0.4) is 0 Å². The second-order valence-corrected chi connectivity index (χ2v) is 4.01. The van der Waals surface area contributed by atoms with Gasteiger partial charge in [0.25, 0.3) is 5.69 Å². The van der Waals surface area contributed by atoms with Crippen molar-refractivity contribution in [3.05, 3.63) is 39.7 Å². The first-order valence-corrected chi connectivity index (χ1v) is 4.85. The molecule has 0 radical (unpaired) electrons. The molecule has 1 aliphatic carbocycles. The summed E-state index contributed by atoms with van der Waals surface area (Å²) in [5.41, 5.74) is -0.168. The second kappa shape index (κ2) is 3.80. The molecule has 0 saturated heterocycles. The molecule has 86 valence electrons. The average molecular weight is 226 g/mol. The van der Waals surface area contributed by atoms with Crippen LogP contribution in [0.4, 0.5) is 10.1 Å². The van der Waals surface area contributed by atoms with E-state index in [1.54, 1.807) is 0 Å². The zero-order valence-electron chi connectivity index (χ0n) is 8.48. The van der Waals surface area contributed by atoms with Crippen LogP contribution in [0.5, 0.6) is 0 Å². The van der Waals surface area contributed by atoms with Crippen molar-refractivity contribution in [1.29, 1.82) is 0 Å². The molecule has 1 saturated carbocycles. The predicted molar refractivity (Wildman–Crippen MR) is 54.1 cm³/mol. The van der Waals surface area contributed by atoms with E-state index in [0.717, 1.165) is 18.9 Å². The Labute approximate surface area is 91.1 Å². The van der Waals surface area contributed by atoms with Crippen LogP contribution >= 0.6 is 0 Å². The molecule has 0 heterocycles. The van der Waals surface area contributed by atoms with Gasteiger partial charge in [-0.15, -0.1) is 0 Å². The number of benzene rings is 1. The van der Waals surface area contributed by atoms with Gasteiger partial charge in [0.2, 0.25) is 0 Å². The van der Waals surface area contributed by atoms with Crippen molar-refractivity contribution in [3.63, 3.8) is 0 Å². The monoisotopic (exact) mass is 226 g/mol. The van der Waals surface area contributed by atoms with Crippen LogP contribution in [0.25, 0.3) is 0 Å². The van der Waals surface area contributed by atoms with Gasteiger partial charge in [0.05, 0.1) is 11.5 Å². The normalized spacial score (nSPS) is 17.1. The van der Waals surface area contributed by atoms with Crippen molar-refractivity contribution >= 4 is 5.69 Å². The Morgan fingerprint density at radius 2 is 2.25 bits per heavy atom. The van der Waals surface area contributed by atoms with Crippen molar-refractivity contribution in [2.45, 2.75) is 18.3 Å². The molecular formula is C10H11FN2O3. The van der Waals surface area contributed by atoms with E-state index in [0.29, 0.717) is 5.56 Å². The summed E-state index contributed by atoms with van der Waals surface area (Å²) in [4.78, 5) is 14.9. The average Bonchev–Trinajstić information content (AvgIpc) is 2.99. The smallest absolute Gasteiger partial charge is 0.273 e. The standard InChI is InChI=1S/C10H11FN2O3/c11-7-1-2-9(13(14)15)8(5-7)10(3-4-10)6-16-12/h1-2,5H,3-4,6,12H2. The molecule has 2 rings (SSSR count). The van der Waals surface area contributed by atoms with Gasteiger partial charge >= 0.3 is 0 Å². The van der Waals surface area contributed by atoms with E-state index in [-0.39, 0.29) is 12.3 Å². The highest BCUT2D eigenvalue weighted by atomic mass is 19.1. The van der Waals surface area contributed by atoms with Crippen molar-refractivity contribution in [2.75, 3.05) is 6.61 Å². The summed E-state index contributed by atoms with van der Waals surface area (Å²) in [5.74, 6) is 4.51. The zero-order valence-corrected chi connectivity index (χ0v) is 8.48. The van der Waals surface area contributed by atoms with Crippen LogP contribution in [0.15, 0.2) is 18.2 Å². The molecule has 1 aromatic carbocycles. The Bertz CT molecular complexity index is 432. The van der Waals surface area contributed by atoms with Gasteiger partial charge in [0.15, 0.2) is 0 Å². The van der Waals surface area contributed by atoms with Crippen molar-refractivity contribution < 1.29 is 14.2 Å². The number of nitrogens with two attached hydrogens (primary N) is 1. The van der Waals surface area contributed by atoms with Gasteiger partial charge in [0.1, 0.15) is 5.82 Å². The molecule has 5 nitrogen and oxygen atoms in total. The van der Waals surface area contributed by atoms with Crippen LogP contribution in [-0.4, -0.2) is 11.5 Å². The number of nitro groups is 1. The number of nitrogens with zero attached hydrogens (tertiary/aromatic N) is 1. The van der Waals surface area contributed by atoms with Gasteiger partial charge < -0.3 is 4.84 Å². The van der Waals surface area contributed by atoms with Gasteiger partial charge in [-0.2, -0.15) is 0 Å². The molecule has 0 amide bonds. The molecule has 0 aliphatic heterocycles. The number of rotatable bonds is 4. The third-order valence-corrected chi connectivity index (χ3v) is 2.94. The van der Waals surface area contributed by atoms with Gasteiger partial charge in [-0.25, -0.2) is 10.3 Å². The number of hydrogen-bond acceptors (Lipinski definition) is 4. The van der Waals surface area contributed by atoms with E-state index < -0.39 is 16.2 Å². The second-order valence-electron chi connectivity index (χ2n) is 4.01. The van der Waals surface area contributed by atoms with Crippen LogP contribution in [-0.2, 0) is 10.3 Å². The number of nitro benzene ring substituents is 1. The van der Waals surface area contributed by atoms with Crippen molar-refractivity contribution in [3.8, 4) is 0 Å². The molecule has 1 aliphatic rings. The minimum Gasteiger partial charge on any atom is -0.304 e. The Morgan fingerprint density at radius 1 is 1.56 bits per heavy atom. The molecule has 0 spiro atoms. The Balaban J connectivity index is 2.46. The van der Waals surface area contributed by atoms with Crippen LogP contribution in [0.2, 0.25) is 0 Å². The van der Waals surface area contributed by atoms with Gasteiger partial charge in [-0.05, 0) is 25.0 Å². The lowest BCUT2D eigenvalue weighted by atomic mass is 9.95. The largest absolute Gasteiger partial charge is 0.304 e.